The van der Waals surface area contributed by atoms with E-state index in [2.05, 4.69) is 0 Å². The number of anilines is 1. The molecule has 194 valence electrons. The number of methoxy groups -OCH3 is 1. The van der Waals surface area contributed by atoms with Crippen molar-refractivity contribution in [1.82, 2.24) is 4.31 Å². The number of fused-ring (bicyclic) bond motifs is 1. The number of carbonyl (C=O) groups is 2. The number of halogens is 2. The van der Waals surface area contributed by atoms with Gasteiger partial charge < -0.3 is 14.4 Å². The van der Waals surface area contributed by atoms with E-state index in [9.17, 15) is 18.0 Å². The van der Waals surface area contributed by atoms with Gasteiger partial charge in [-0.2, -0.15) is 4.31 Å². The van der Waals surface area contributed by atoms with E-state index in [0.29, 0.717) is 22.0 Å². The van der Waals surface area contributed by atoms with Gasteiger partial charge in [0.15, 0.2) is 0 Å². The van der Waals surface area contributed by atoms with Crippen LogP contribution in [-0.2, 0) is 30.9 Å². The van der Waals surface area contributed by atoms with Crippen LogP contribution in [-0.4, -0.2) is 50.9 Å². The monoisotopic (exact) mass is 562 g/mol. The maximum absolute atomic E-state index is 13.7. The molecular formula is C26H24Cl2N2O6S. The van der Waals surface area contributed by atoms with E-state index in [-0.39, 0.29) is 23.0 Å². The molecule has 0 N–H and O–H groups in total. The second kappa shape index (κ2) is 11.1. The predicted molar refractivity (Wildman–Crippen MR) is 140 cm³/mol. The van der Waals surface area contributed by atoms with Crippen molar-refractivity contribution in [2.24, 2.45) is 0 Å². The van der Waals surface area contributed by atoms with Gasteiger partial charge in [-0.05, 0) is 48.9 Å². The third-order valence-electron chi connectivity index (χ3n) is 5.87. The van der Waals surface area contributed by atoms with Gasteiger partial charge in [-0.15, -0.1) is 0 Å². The number of aryl methyl sites for hydroxylation is 1. The lowest BCUT2D eigenvalue weighted by atomic mass is 10.1. The van der Waals surface area contributed by atoms with Gasteiger partial charge in [0.05, 0.1) is 30.8 Å². The minimum Gasteiger partial charge on any atom is -0.475 e. The summed E-state index contributed by atoms with van der Waals surface area (Å²) >= 11 is 12.4. The van der Waals surface area contributed by atoms with Crippen LogP contribution >= 0.6 is 23.2 Å². The number of carbonyl (C=O) groups excluding carboxylic acids is 2. The fourth-order valence-electron chi connectivity index (χ4n) is 3.89. The molecule has 3 aromatic carbocycles. The molecule has 0 bridgehead atoms. The number of ether oxygens (including phenoxy) is 2. The SMILES string of the molecule is COC(=O)[C@H]1CN(C(=O)CN(Cc2ccc(Cl)cc2Cl)S(=O)(=O)c2ccc(C)cc2)c2ccccc2O1. The van der Waals surface area contributed by atoms with E-state index in [0.717, 1.165) is 9.87 Å². The molecule has 1 atom stereocenters. The number of hydrogen-bond donors (Lipinski definition) is 0. The lowest BCUT2D eigenvalue weighted by molar-refractivity contribution is -0.148. The highest BCUT2D eigenvalue weighted by Gasteiger charge is 2.36. The van der Waals surface area contributed by atoms with Crippen LogP contribution in [0.1, 0.15) is 11.1 Å². The summed E-state index contributed by atoms with van der Waals surface area (Å²) < 4.78 is 39.0. The third kappa shape index (κ3) is 5.91. The summed E-state index contributed by atoms with van der Waals surface area (Å²) in [5.41, 5.74) is 1.79. The van der Waals surface area contributed by atoms with Crippen LogP contribution in [0.3, 0.4) is 0 Å². The quantitative estimate of drug-likeness (QED) is 0.395. The topological polar surface area (TPSA) is 93.2 Å². The number of hydrogen-bond acceptors (Lipinski definition) is 6. The Labute approximate surface area is 225 Å². The third-order valence-corrected chi connectivity index (χ3v) is 8.26. The second-order valence-corrected chi connectivity index (χ2v) is 11.2. The average Bonchev–Trinajstić information content (AvgIpc) is 2.88. The smallest absolute Gasteiger partial charge is 0.348 e. The largest absolute Gasteiger partial charge is 0.475 e. The Morgan fingerprint density at radius 1 is 1.08 bits per heavy atom. The van der Waals surface area contributed by atoms with E-state index < -0.39 is 34.5 Å². The van der Waals surface area contributed by atoms with Gasteiger partial charge in [0.1, 0.15) is 5.75 Å². The summed E-state index contributed by atoms with van der Waals surface area (Å²) in [6, 6.07) is 17.8. The molecule has 0 unspecified atom stereocenters. The molecule has 0 saturated heterocycles. The number of esters is 1. The molecule has 11 heteroatoms. The fraction of sp³-hybridized carbons (Fsp3) is 0.231. The van der Waals surface area contributed by atoms with E-state index >= 15 is 0 Å². The normalized spacial score (nSPS) is 15.2. The average molecular weight is 563 g/mol. The minimum atomic E-state index is -4.12. The first kappa shape index (κ1) is 26.9. The molecule has 37 heavy (non-hydrogen) atoms. The van der Waals surface area contributed by atoms with Crippen LogP contribution in [0.15, 0.2) is 71.6 Å². The lowest BCUT2D eigenvalue weighted by Gasteiger charge is -2.34. The fourth-order valence-corrected chi connectivity index (χ4v) is 5.72. The molecule has 8 nitrogen and oxygen atoms in total. The van der Waals surface area contributed by atoms with Crippen LogP contribution < -0.4 is 9.64 Å². The summed E-state index contributed by atoms with van der Waals surface area (Å²) in [5.74, 6) is -0.888. The van der Waals surface area contributed by atoms with Gasteiger partial charge in [-0.1, -0.05) is 59.1 Å². The molecule has 0 saturated carbocycles. The van der Waals surface area contributed by atoms with Crippen LogP contribution in [0.2, 0.25) is 10.0 Å². The highest BCUT2D eigenvalue weighted by atomic mass is 35.5. The minimum absolute atomic E-state index is 0.0331. The number of amides is 1. The highest BCUT2D eigenvalue weighted by molar-refractivity contribution is 7.89. The van der Waals surface area contributed by atoms with Crippen molar-refractivity contribution in [3.63, 3.8) is 0 Å². The van der Waals surface area contributed by atoms with Crippen LogP contribution in [0.4, 0.5) is 5.69 Å². The molecule has 1 amide bonds. The molecule has 1 aliphatic heterocycles. The molecule has 0 fully saturated rings. The zero-order valence-electron chi connectivity index (χ0n) is 20.1. The number of sulfonamides is 1. The van der Waals surface area contributed by atoms with Gasteiger partial charge in [0.25, 0.3) is 0 Å². The van der Waals surface area contributed by atoms with E-state index in [1.165, 1.54) is 30.2 Å². The van der Waals surface area contributed by atoms with Crippen molar-refractivity contribution < 1.29 is 27.5 Å². The Morgan fingerprint density at radius 2 is 1.78 bits per heavy atom. The Bertz CT molecular complexity index is 1430. The molecule has 0 aliphatic carbocycles. The highest BCUT2D eigenvalue weighted by Crippen LogP contribution is 2.34. The number of para-hydroxylation sites is 2. The number of nitrogens with zero attached hydrogens (tertiary/aromatic N) is 2. The van der Waals surface area contributed by atoms with Crippen molar-refractivity contribution in [1.29, 1.82) is 0 Å². The standard InChI is InChI=1S/C26H24Cl2N2O6S/c1-17-7-11-20(12-8-17)37(33,34)29(14-18-9-10-19(27)13-21(18)28)16-25(31)30-15-24(26(32)35-2)36-23-6-4-3-5-22(23)30/h3-13,24H,14-16H2,1-2H3/t24-/m1/s1. The first-order valence-electron chi connectivity index (χ1n) is 11.2. The Balaban J connectivity index is 1.70. The molecule has 1 aliphatic rings. The molecule has 3 aromatic rings. The van der Waals surface area contributed by atoms with E-state index in [1.807, 2.05) is 6.92 Å². The second-order valence-electron chi connectivity index (χ2n) is 8.42. The predicted octanol–water partition coefficient (Wildman–Crippen LogP) is 4.46. The van der Waals surface area contributed by atoms with E-state index in [4.69, 9.17) is 32.7 Å². The van der Waals surface area contributed by atoms with Gasteiger partial charge in [0.2, 0.25) is 22.0 Å². The summed E-state index contributed by atoms with van der Waals surface area (Å²) in [7, 11) is -2.89. The maximum atomic E-state index is 13.7. The van der Waals surface area contributed by atoms with E-state index in [1.54, 1.807) is 48.5 Å². The van der Waals surface area contributed by atoms with Gasteiger partial charge >= 0.3 is 5.97 Å². The Kier molecular flexibility index (Phi) is 8.08. The zero-order valence-corrected chi connectivity index (χ0v) is 22.4. The molecule has 0 radical (unpaired) electrons. The Morgan fingerprint density at radius 3 is 2.46 bits per heavy atom. The lowest BCUT2D eigenvalue weighted by Crippen LogP contribution is -2.50. The number of benzene rings is 3. The summed E-state index contributed by atoms with van der Waals surface area (Å²) in [4.78, 5) is 27.2. The van der Waals surface area contributed by atoms with Gasteiger partial charge in [0, 0.05) is 16.6 Å². The van der Waals surface area contributed by atoms with Crippen LogP contribution in [0.25, 0.3) is 0 Å². The maximum Gasteiger partial charge on any atom is 0.348 e. The Hall–Kier alpha value is -3.11. The summed E-state index contributed by atoms with van der Waals surface area (Å²) in [6.45, 7) is 1.02. The van der Waals surface area contributed by atoms with Crippen molar-refractivity contribution in [2.45, 2.75) is 24.5 Å². The summed E-state index contributed by atoms with van der Waals surface area (Å²) in [6.07, 6.45) is -1.06. The van der Waals surface area contributed by atoms with Crippen LogP contribution in [0.5, 0.6) is 5.75 Å². The molecule has 0 aromatic heterocycles. The van der Waals surface area contributed by atoms with Crippen molar-refractivity contribution >= 4 is 50.8 Å². The van der Waals surface area contributed by atoms with Gasteiger partial charge in [-0.3, -0.25) is 4.79 Å². The zero-order chi connectivity index (χ0) is 26.7. The molecule has 4 rings (SSSR count). The molecular weight excluding hydrogens is 539 g/mol. The van der Waals surface area contributed by atoms with Gasteiger partial charge in [-0.25, -0.2) is 13.2 Å². The first-order valence-corrected chi connectivity index (χ1v) is 13.4. The van der Waals surface area contributed by atoms with Crippen LogP contribution in [0, 0.1) is 6.92 Å². The summed E-state index contributed by atoms with van der Waals surface area (Å²) in [5, 5.41) is 0.670. The van der Waals surface area contributed by atoms with Crippen molar-refractivity contribution in [3.8, 4) is 5.75 Å². The molecule has 1 heterocycles. The molecule has 0 spiro atoms. The van der Waals surface area contributed by atoms with Crippen molar-refractivity contribution in [3.05, 3.63) is 87.9 Å². The van der Waals surface area contributed by atoms with Crippen molar-refractivity contribution in [2.75, 3.05) is 25.1 Å². The first-order chi connectivity index (χ1) is 17.6. The number of rotatable bonds is 7.